The molecule has 1 aromatic heterocycles. The number of hydrogen-bond acceptors (Lipinski definition) is 4. The molecular weight excluding hydrogens is 333 g/mol. The van der Waals surface area contributed by atoms with Crippen LogP contribution < -0.4 is 10.6 Å². The largest absolute Gasteiger partial charge is 0.416 e. The maximum Gasteiger partial charge on any atom is 0.416 e. The lowest BCUT2D eigenvalue weighted by Gasteiger charge is -2.10. The van der Waals surface area contributed by atoms with Crippen molar-refractivity contribution in [2.24, 2.45) is 5.92 Å². The highest BCUT2D eigenvalue weighted by molar-refractivity contribution is 5.92. The van der Waals surface area contributed by atoms with E-state index < -0.39 is 11.7 Å². The van der Waals surface area contributed by atoms with Crippen molar-refractivity contribution in [2.75, 3.05) is 11.9 Å². The van der Waals surface area contributed by atoms with E-state index in [9.17, 15) is 18.0 Å². The minimum atomic E-state index is -4.43. The van der Waals surface area contributed by atoms with Crippen molar-refractivity contribution in [1.82, 2.24) is 15.3 Å². The van der Waals surface area contributed by atoms with Crippen molar-refractivity contribution in [3.63, 3.8) is 0 Å². The number of carbonyl (C=O) groups is 1. The molecule has 8 heteroatoms. The maximum absolute atomic E-state index is 12.7. The lowest BCUT2D eigenvalue weighted by Crippen LogP contribution is -2.26. The third-order valence-corrected chi connectivity index (χ3v) is 3.34. The predicted molar refractivity (Wildman–Crippen MR) is 88.5 cm³/mol. The van der Waals surface area contributed by atoms with E-state index in [-0.39, 0.29) is 23.2 Å². The van der Waals surface area contributed by atoms with Crippen LogP contribution in [-0.2, 0) is 6.18 Å². The van der Waals surface area contributed by atoms with Gasteiger partial charge in [-0.25, -0.2) is 9.97 Å². The molecule has 1 aromatic carbocycles. The molecule has 0 aliphatic heterocycles. The van der Waals surface area contributed by atoms with Gasteiger partial charge in [0, 0.05) is 18.4 Å². The minimum Gasteiger partial charge on any atom is -0.351 e. The number of halogens is 3. The van der Waals surface area contributed by atoms with Crippen LogP contribution in [0.25, 0.3) is 0 Å². The first kappa shape index (κ1) is 18.7. The summed E-state index contributed by atoms with van der Waals surface area (Å²) in [5.41, 5.74) is -0.444. The first-order valence-corrected chi connectivity index (χ1v) is 7.81. The molecule has 0 fully saturated rings. The van der Waals surface area contributed by atoms with E-state index in [1.165, 1.54) is 24.4 Å². The molecule has 5 nitrogen and oxygen atoms in total. The average molecular weight is 352 g/mol. The lowest BCUT2D eigenvalue weighted by atomic mass is 10.1. The Hall–Kier alpha value is -2.64. The third-order valence-electron chi connectivity index (χ3n) is 3.34. The van der Waals surface area contributed by atoms with Crippen molar-refractivity contribution < 1.29 is 18.0 Å². The second-order valence-corrected chi connectivity index (χ2v) is 5.91. The second-order valence-electron chi connectivity index (χ2n) is 5.91. The van der Waals surface area contributed by atoms with Crippen molar-refractivity contribution in [1.29, 1.82) is 0 Å². The van der Waals surface area contributed by atoms with Crippen LogP contribution in [0, 0.1) is 5.92 Å². The van der Waals surface area contributed by atoms with Gasteiger partial charge in [0.05, 0.1) is 5.56 Å². The molecule has 25 heavy (non-hydrogen) atoms. The van der Waals surface area contributed by atoms with Crippen LogP contribution in [0.1, 0.15) is 36.3 Å². The number of hydrogen-bond donors (Lipinski definition) is 2. The molecule has 0 bridgehead atoms. The van der Waals surface area contributed by atoms with E-state index in [2.05, 4.69) is 20.6 Å². The molecule has 0 aliphatic rings. The van der Waals surface area contributed by atoms with Crippen molar-refractivity contribution in [3.8, 4) is 0 Å². The second kappa shape index (κ2) is 7.96. The van der Waals surface area contributed by atoms with Gasteiger partial charge in [-0.15, -0.1) is 0 Å². The summed E-state index contributed by atoms with van der Waals surface area (Å²) in [7, 11) is 0. The fourth-order valence-electron chi connectivity index (χ4n) is 2.01. The van der Waals surface area contributed by atoms with Crippen LogP contribution >= 0.6 is 0 Å². The molecule has 0 unspecified atom stereocenters. The van der Waals surface area contributed by atoms with Gasteiger partial charge in [-0.1, -0.05) is 19.9 Å². The molecule has 2 N–H and O–H groups in total. The monoisotopic (exact) mass is 352 g/mol. The third kappa shape index (κ3) is 5.74. The van der Waals surface area contributed by atoms with Crippen LogP contribution in [0.4, 0.5) is 24.8 Å². The summed E-state index contributed by atoms with van der Waals surface area (Å²) >= 11 is 0. The maximum atomic E-state index is 12.7. The molecule has 0 aliphatic carbocycles. The Morgan fingerprint density at radius 3 is 2.68 bits per heavy atom. The molecule has 1 heterocycles. The number of alkyl halides is 3. The highest BCUT2D eigenvalue weighted by Gasteiger charge is 2.30. The number of benzene rings is 1. The van der Waals surface area contributed by atoms with E-state index >= 15 is 0 Å². The normalized spacial score (nSPS) is 11.4. The number of carbonyl (C=O) groups excluding carboxylic acids is 1. The number of rotatable bonds is 6. The van der Waals surface area contributed by atoms with Crippen molar-refractivity contribution in [2.45, 2.75) is 26.4 Å². The van der Waals surface area contributed by atoms with Crippen LogP contribution in [0.3, 0.4) is 0 Å². The highest BCUT2D eigenvalue weighted by atomic mass is 19.4. The molecule has 0 radical (unpaired) electrons. The van der Waals surface area contributed by atoms with E-state index in [1.54, 1.807) is 0 Å². The van der Waals surface area contributed by atoms with Crippen molar-refractivity contribution in [3.05, 3.63) is 47.8 Å². The Labute approximate surface area is 143 Å². The van der Waals surface area contributed by atoms with Gasteiger partial charge in [0.1, 0.15) is 5.69 Å². The van der Waals surface area contributed by atoms with E-state index in [1.807, 2.05) is 13.8 Å². The smallest absolute Gasteiger partial charge is 0.351 e. The van der Waals surface area contributed by atoms with Crippen LogP contribution in [-0.4, -0.2) is 22.4 Å². The molecule has 0 saturated carbocycles. The summed E-state index contributed by atoms with van der Waals surface area (Å²) in [5.74, 6) is 0.162. The summed E-state index contributed by atoms with van der Waals surface area (Å²) in [6, 6.07) is 6.13. The zero-order valence-corrected chi connectivity index (χ0v) is 13.9. The van der Waals surface area contributed by atoms with Gasteiger partial charge >= 0.3 is 6.18 Å². The van der Waals surface area contributed by atoms with E-state index in [4.69, 9.17) is 0 Å². The fourth-order valence-corrected chi connectivity index (χ4v) is 2.01. The van der Waals surface area contributed by atoms with Gasteiger partial charge in [0.15, 0.2) is 0 Å². The molecule has 0 spiro atoms. The Morgan fingerprint density at radius 1 is 1.24 bits per heavy atom. The SMILES string of the molecule is CC(C)CCNC(=O)c1ccnc(Nc2cccc(C(F)(F)F)c2)n1. The molecule has 0 saturated heterocycles. The molecule has 1 amide bonds. The average Bonchev–Trinajstić information content (AvgIpc) is 2.54. The van der Waals surface area contributed by atoms with E-state index in [0.29, 0.717) is 12.5 Å². The zero-order valence-electron chi connectivity index (χ0n) is 13.9. The highest BCUT2D eigenvalue weighted by Crippen LogP contribution is 2.31. The van der Waals surface area contributed by atoms with Gasteiger partial charge < -0.3 is 10.6 Å². The predicted octanol–water partition coefficient (Wildman–Crippen LogP) is 4.01. The summed E-state index contributed by atoms with van der Waals surface area (Å²) in [6.45, 7) is 4.62. The quantitative estimate of drug-likeness (QED) is 0.824. The fraction of sp³-hybridized carbons (Fsp3) is 0.353. The Kier molecular flexibility index (Phi) is 5.95. The first-order chi connectivity index (χ1) is 11.8. The van der Waals surface area contributed by atoms with Gasteiger partial charge in [-0.2, -0.15) is 13.2 Å². The van der Waals surface area contributed by atoms with Crippen molar-refractivity contribution >= 4 is 17.5 Å². The topological polar surface area (TPSA) is 66.9 Å². The number of nitrogens with one attached hydrogen (secondary N) is 2. The van der Waals surface area contributed by atoms with Gasteiger partial charge in [0.2, 0.25) is 5.95 Å². The molecule has 2 aromatic rings. The number of nitrogens with zero attached hydrogens (tertiary/aromatic N) is 2. The zero-order chi connectivity index (χ0) is 18.4. The number of aromatic nitrogens is 2. The van der Waals surface area contributed by atoms with Crippen LogP contribution in [0.15, 0.2) is 36.5 Å². The Bertz CT molecular complexity index is 732. The summed E-state index contributed by atoms with van der Waals surface area (Å²) in [6.07, 6.45) is -2.22. The Balaban J connectivity index is 2.08. The molecular formula is C17H19F3N4O. The summed E-state index contributed by atoms with van der Waals surface area (Å²) in [4.78, 5) is 20.0. The molecule has 2 rings (SSSR count). The van der Waals surface area contributed by atoms with E-state index in [0.717, 1.165) is 18.6 Å². The number of anilines is 2. The summed E-state index contributed by atoms with van der Waals surface area (Å²) < 4.78 is 38.2. The Morgan fingerprint density at radius 2 is 2.00 bits per heavy atom. The summed E-state index contributed by atoms with van der Waals surface area (Å²) in [5, 5.41) is 5.43. The van der Waals surface area contributed by atoms with Gasteiger partial charge in [-0.3, -0.25) is 4.79 Å². The standard InChI is InChI=1S/C17H19F3N4O/c1-11(2)6-8-21-15(25)14-7-9-22-16(24-14)23-13-5-3-4-12(10-13)17(18,19)20/h3-5,7,9-11H,6,8H2,1-2H3,(H,21,25)(H,22,23,24). The lowest BCUT2D eigenvalue weighted by molar-refractivity contribution is -0.137. The number of amides is 1. The molecule has 0 atom stereocenters. The van der Waals surface area contributed by atoms with Crippen LogP contribution in [0.2, 0.25) is 0 Å². The minimum absolute atomic E-state index is 0.0517. The van der Waals surface area contributed by atoms with Gasteiger partial charge in [-0.05, 0) is 36.6 Å². The molecule has 134 valence electrons. The first-order valence-electron chi connectivity index (χ1n) is 7.81. The van der Waals surface area contributed by atoms with Crippen LogP contribution in [0.5, 0.6) is 0 Å². The van der Waals surface area contributed by atoms with Gasteiger partial charge in [0.25, 0.3) is 5.91 Å².